The van der Waals surface area contributed by atoms with Crippen molar-refractivity contribution in [3.8, 4) is 22.5 Å². The molecule has 11 aromatic rings. The quantitative estimate of drug-likeness (QED) is 0.180. The van der Waals surface area contributed by atoms with Gasteiger partial charge in [0.2, 0.25) is 0 Å². The van der Waals surface area contributed by atoms with Crippen molar-refractivity contribution in [2.24, 2.45) is 0 Å². The Labute approximate surface area is 299 Å². The highest BCUT2D eigenvalue weighted by Gasteiger charge is 2.41. The summed E-state index contributed by atoms with van der Waals surface area (Å²) < 4.78 is 11.7. The Bertz CT molecular complexity index is 3320. The van der Waals surface area contributed by atoms with Crippen molar-refractivity contribution in [2.45, 2.75) is 19.3 Å². The van der Waals surface area contributed by atoms with E-state index in [1.807, 2.05) is 0 Å². The molecule has 3 aromatic heterocycles. The molecular weight excluding hydrogens is 633 g/mol. The van der Waals surface area contributed by atoms with Crippen LogP contribution in [0, 0.1) is 0 Å². The first-order valence-corrected chi connectivity index (χ1v) is 18.1. The van der Waals surface area contributed by atoms with E-state index in [2.05, 4.69) is 181 Å². The molecule has 244 valence electrons. The number of aromatic nitrogens is 2. The zero-order valence-electron chi connectivity index (χ0n) is 28.8. The van der Waals surface area contributed by atoms with Crippen LogP contribution in [0.4, 0.5) is 0 Å². The lowest BCUT2D eigenvalue weighted by atomic mass is 9.80. The highest BCUT2D eigenvalue weighted by atomic mass is 16.3. The molecule has 52 heavy (non-hydrogen) atoms. The Morgan fingerprint density at radius 3 is 1.94 bits per heavy atom. The maximum absolute atomic E-state index is 6.60. The van der Waals surface area contributed by atoms with Crippen molar-refractivity contribution in [3.05, 3.63) is 169 Å². The van der Waals surface area contributed by atoms with Crippen LogP contribution < -0.4 is 0 Å². The molecule has 0 radical (unpaired) electrons. The Morgan fingerprint density at radius 2 is 1.13 bits per heavy atom. The molecule has 0 unspecified atom stereocenters. The Morgan fingerprint density at radius 1 is 0.481 bits per heavy atom. The number of hydrogen-bond donors (Lipinski definition) is 0. The van der Waals surface area contributed by atoms with Crippen molar-refractivity contribution in [1.82, 2.24) is 9.13 Å². The lowest BCUT2D eigenvalue weighted by Gasteiger charge is -2.23. The summed E-state index contributed by atoms with van der Waals surface area (Å²) in [5, 5.41) is 9.73. The molecule has 0 spiro atoms. The molecule has 3 heterocycles. The highest BCUT2D eigenvalue weighted by Crippen LogP contribution is 2.58. The minimum Gasteiger partial charge on any atom is -0.455 e. The summed E-state index contributed by atoms with van der Waals surface area (Å²) >= 11 is 0. The molecule has 8 aromatic carbocycles. The van der Waals surface area contributed by atoms with Crippen LogP contribution in [0.1, 0.15) is 25.0 Å². The number of rotatable bonds is 2. The topological polar surface area (TPSA) is 23.0 Å². The van der Waals surface area contributed by atoms with Crippen LogP contribution in [0.5, 0.6) is 0 Å². The minimum absolute atomic E-state index is 0.225. The molecule has 3 heteroatoms. The van der Waals surface area contributed by atoms with E-state index in [4.69, 9.17) is 4.42 Å². The van der Waals surface area contributed by atoms with Gasteiger partial charge in [-0.25, -0.2) is 0 Å². The van der Waals surface area contributed by atoms with E-state index in [0.29, 0.717) is 0 Å². The maximum Gasteiger partial charge on any atom is 0.143 e. The van der Waals surface area contributed by atoms with Crippen LogP contribution in [0.15, 0.2) is 162 Å². The normalized spacial score (nSPS) is 13.7. The fourth-order valence-electron chi connectivity index (χ4n) is 9.70. The van der Waals surface area contributed by atoms with E-state index >= 15 is 0 Å². The average Bonchev–Trinajstić information content (AvgIpc) is 3.90. The molecule has 3 nitrogen and oxygen atoms in total. The molecule has 12 rings (SSSR count). The van der Waals surface area contributed by atoms with Crippen LogP contribution >= 0.6 is 0 Å². The molecule has 0 aliphatic heterocycles. The molecule has 0 N–H and O–H groups in total. The van der Waals surface area contributed by atoms with Gasteiger partial charge in [-0.2, -0.15) is 0 Å². The standard InChI is InChI=1S/C49H32N2O/c1-49(2)38-21-11-8-18-34(38)42-45(49)43-35-19-9-12-22-39(35)51(31-25-27-41-37(28-31)33-26-24-29-14-6-7-17-32(29)48(33)52-41)47(43)44-36-20-10-13-23-40(36)50(46(42)44)30-15-4-3-5-16-30/h3-28H,1-2H3. The fraction of sp³-hybridized carbons (Fsp3) is 0.0612. The van der Waals surface area contributed by atoms with Crippen LogP contribution in [-0.4, -0.2) is 9.13 Å². The number of nitrogens with zero attached hydrogens (tertiary/aromatic N) is 2. The summed E-state index contributed by atoms with van der Waals surface area (Å²) in [6, 6.07) is 57.6. The van der Waals surface area contributed by atoms with Gasteiger partial charge in [0.05, 0.1) is 22.1 Å². The predicted octanol–water partition coefficient (Wildman–Crippen LogP) is 13.2. The van der Waals surface area contributed by atoms with Crippen LogP contribution in [-0.2, 0) is 5.41 Å². The van der Waals surface area contributed by atoms with Gasteiger partial charge in [0, 0.05) is 60.1 Å². The van der Waals surface area contributed by atoms with Gasteiger partial charge in [0.1, 0.15) is 11.2 Å². The van der Waals surface area contributed by atoms with Crippen LogP contribution in [0.2, 0.25) is 0 Å². The minimum atomic E-state index is -0.225. The molecule has 1 aliphatic carbocycles. The first-order chi connectivity index (χ1) is 25.6. The molecule has 0 saturated heterocycles. The van der Waals surface area contributed by atoms with Gasteiger partial charge >= 0.3 is 0 Å². The van der Waals surface area contributed by atoms with Gasteiger partial charge in [-0.1, -0.05) is 123 Å². The van der Waals surface area contributed by atoms with E-state index < -0.39 is 0 Å². The lowest BCUT2D eigenvalue weighted by Crippen LogP contribution is -2.15. The number of fused-ring (bicyclic) bond motifs is 17. The molecular formula is C49H32N2O. The Kier molecular flexibility index (Phi) is 5.31. The number of hydrogen-bond acceptors (Lipinski definition) is 1. The highest BCUT2D eigenvalue weighted by molar-refractivity contribution is 6.32. The zero-order valence-corrected chi connectivity index (χ0v) is 28.8. The van der Waals surface area contributed by atoms with E-state index in [1.54, 1.807) is 0 Å². The fourth-order valence-corrected chi connectivity index (χ4v) is 9.70. The van der Waals surface area contributed by atoms with Gasteiger partial charge in [-0.3, -0.25) is 0 Å². The third-order valence-electron chi connectivity index (χ3n) is 11.8. The Balaban J connectivity index is 1.33. The molecule has 0 saturated carbocycles. The van der Waals surface area contributed by atoms with Crippen molar-refractivity contribution in [3.63, 3.8) is 0 Å². The monoisotopic (exact) mass is 664 g/mol. The smallest absolute Gasteiger partial charge is 0.143 e. The van der Waals surface area contributed by atoms with Gasteiger partial charge in [0.15, 0.2) is 0 Å². The summed E-state index contributed by atoms with van der Waals surface area (Å²) in [6.07, 6.45) is 0. The molecule has 0 fully saturated rings. The first-order valence-electron chi connectivity index (χ1n) is 18.1. The first kappa shape index (κ1) is 28.2. The van der Waals surface area contributed by atoms with E-state index in [-0.39, 0.29) is 5.41 Å². The Hall–Kier alpha value is -6.58. The van der Waals surface area contributed by atoms with Crippen molar-refractivity contribution >= 4 is 76.3 Å². The zero-order chi connectivity index (χ0) is 34.3. The number of para-hydroxylation sites is 3. The lowest BCUT2D eigenvalue weighted by molar-refractivity contribution is 0.667. The molecule has 0 amide bonds. The summed E-state index contributed by atoms with van der Waals surface area (Å²) in [6.45, 7) is 4.83. The van der Waals surface area contributed by atoms with Gasteiger partial charge < -0.3 is 13.6 Å². The second-order valence-electron chi connectivity index (χ2n) is 14.9. The second-order valence-corrected chi connectivity index (χ2v) is 14.9. The SMILES string of the molecule is CC1(C)c2ccccc2-c2c1c1c3ccccc3n(-c3ccc4oc5c6ccccc6ccc5c4c3)c1c1c3ccccc3n(-c3ccccc3)c21. The van der Waals surface area contributed by atoms with Crippen LogP contribution in [0.3, 0.4) is 0 Å². The molecule has 1 aliphatic rings. The van der Waals surface area contributed by atoms with Crippen LogP contribution in [0.25, 0.3) is 98.8 Å². The summed E-state index contributed by atoms with van der Waals surface area (Å²) in [5.41, 5.74) is 14.3. The van der Waals surface area contributed by atoms with Gasteiger partial charge in [-0.15, -0.1) is 0 Å². The maximum atomic E-state index is 6.60. The predicted molar refractivity (Wildman–Crippen MR) is 217 cm³/mol. The van der Waals surface area contributed by atoms with Crippen molar-refractivity contribution < 1.29 is 4.42 Å². The number of benzene rings is 8. The van der Waals surface area contributed by atoms with E-state index in [9.17, 15) is 0 Å². The van der Waals surface area contributed by atoms with Gasteiger partial charge in [0.25, 0.3) is 0 Å². The molecule has 0 bridgehead atoms. The third-order valence-corrected chi connectivity index (χ3v) is 11.8. The number of furan rings is 1. The average molecular weight is 665 g/mol. The van der Waals surface area contributed by atoms with Crippen molar-refractivity contribution in [2.75, 3.05) is 0 Å². The summed E-state index contributed by atoms with van der Waals surface area (Å²) in [7, 11) is 0. The van der Waals surface area contributed by atoms with Crippen molar-refractivity contribution in [1.29, 1.82) is 0 Å². The largest absolute Gasteiger partial charge is 0.455 e. The molecule has 0 atom stereocenters. The summed E-state index contributed by atoms with van der Waals surface area (Å²) in [4.78, 5) is 0. The second kappa shape index (κ2) is 9.80. The third kappa shape index (κ3) is 3.41. The van der Waals surface area contributed by atoms with E-state index in [1.165, 1.54) is 76.9 Å². The summed E-state index contributed by atoms with van der Waals surface area (Å²) in [5.74, 6) is 0. The van der Waals surface area contributed by atoms with Gasteiger partial charge in [-0.05, 0) is 70.6 Å². The van der Waals surface area contributed by atoms with E-state index in [0.717, 1.165) is 33.0 Å².